The Hall–Kier alpha value is -1.54. The fraction of sp³-hybridized carbons (Fsp3) is 0.333. The molecule has 1 unspecified atom stereocenters. The molecular formula is C18H21ClFN. The molecule has 21 heavy (non-hydrogen) atoms. The third-order valence-corrected chi connectivity index (χ3v) is 3.89. The van der Waals surface area contributed by atoms with Crippen molar-refractivity contribution in [2.75, 3.05) is 5.32 Å². The van der Waals surface area contributed by atoms with Crippen molar-refractivity contribution in [2.24, 2.45) is 0 Å². The molecule has 0 aliphatic rings. The predicted octanol–water partition coefficient (Wildman–Crippen LogP) is 6.13. The van der Waals surface area contributed by atoms with Gasteiger partial charge in [0.25, 0.3) is 0 Å². The zero-order valence-corrected chi connectivity index (χ0v) is 13.3. The summed E-state index contributed by atoms with van der Waals surface area (Å²) < 4.78 is 13.1. The first kappa shape index (κ1) is 15.8. The summed E-state index contributed by atoms with van der Waals surface area (Å²) in [6.07, 6.45) is 3.23. The minimum atomic E-state index is -0.207. The molecule has 2 aromatic carbocycles. The summed E-state index contributed by atoms with van der Waals surface area (Å²) in [5, 5.41) is 4.21. The number of aryl methyl sites for hydroxylation is 1. The van der Waals surface area contributed by atoms with Crippen molar-refractivity contribution in [1.29, 1.82) is 0 Å². The maximum Gasteiger partial charge on any atom is 0.123 e. The normalized spacial score (nSPS) is 12.2. The summed E-state index contributed by atoms with van der Waals surface area (Å²) in [6, 6.07) is 12.8. The first-order valence-corrected chi connectivity index (χ1v) is 7.76. The molecule has 2 rings (SSSR count). The molecule has 112 valence electrons. The van der Waals surface area contributed by atoms with Crippen LogP contribution in [0.3, 0.4) is 0 Å². The van der Waals surface area contributed by atoms with Gasteiger partial charge in [0.05, 0.1) is 16.8 Å². The molecule has 0 aliphatic carbocycles. The smallest absolute Gasteiger partial charge is 0.123 e. The molecule has 0 fully saturated rings. The van der Waals surface area contributed by atoms with E-state index in [9.17, 15) is 4.39 Å². The second-order valence-corrected chi connectivity index (χ2v) is 5.78. The van der Waals surface area contributed by atoms with Gasteiger partial charge >= 0.3 is 0 Å². The quantitative estimate of drug-likeness (QED) is 0.676. The van der Waals surface area contributed by atoms with E-state index < -0.39 is 0 Å². The van der Waals surface area contributed by atoms with E-state index in [1.54, 1.807) is 0 Å². The average Bonchev–Trinajstić information content (AvgIpc) is 2.46. The summed E-state index contributed by atoms with van der Waals surface area (Å²) in [7, 11) is 0. The van der Waals surface area contributed by atoms with Crippen molar-refractivity contribution in [3.8, 4) is 0 Å². The van der Waals surface area contributed by atoms with Gasteiger partial charge in [0.1, 0.15) is 5.82 Å². The maximum absolute atomic E-state index is 13.1. The van der Waals surface area contributed by atoms with Crippen LogP contribution in [-0.4, -0.2) is 0 Å². The molecule has 2 aromatic rings. The van der Waals surface area contributed by atoms with Crippen molar-refractivity contribution in [2.45, 2.75) is 39.2 Å². The summed E-state index contributed by atoms with van der Waals surface area (Å²) >= 11 is 6.30. The molecule has 3 heteroatoms. The van der Waals surface area contributed by atoms with Crippen LogP contribution in [0.25, 0.3) is 0 Å². The number of hydrogen-bond acceptors (Lipinski definition) is 1. The molecule has 0 saturated heterocycles. The number of benzene rings is 2. The SMILES string of the molecule is CCCCC(Nc1ccc(C)cc1Cl)c1ccc(F)cc1. The summed E-state index contributed by atoms with van der Waals surface area (Å²) in [6.45, 7) is 4.19. The van der Waals surface area contributed by atoms with Gasteiger partial charge < -0.3 is 5.32 Å². The minimum Gasteiger partial charge on any atom is -0.377 e. The number of anilines is 1. The van der Waals surface area contributed by atoms with E-state index in [1.165, 1.54) is 12.1 Å². The van der Waals surface area contributed by atoms with Crippen molar-refractivity contribution in [1.82, 2.24) is 0 Å². The van der Waals surface area contributed by atoms with Crippen LogP contribution >= 0.6 is 11.6 Å². The lowest BCUT2D eigenvalue weighted by Crippen LogP contribution is -2.11. The zero-order chi connectivity index (χ0) is 15.2. The Balaban J connectivity index is 2.21. The number of unbranched alkanes of at least 4 members (excludes halogenated alkanes) is 1. The van der Waals surface area contributed by atoms with Gasteiger partial charge in [-0.2, -0.15) is 0 Å². The predicted molar refractivity (Wildman–Crippen MR) is 88.5 cm³/mol. The van der Waals surface area contributed by atoms with E-state index >= 15 is 0 Å². The van der Waals surface area contributed by atoms with Crippen LogP contribution in [0.2, 0.25) is 5.02 Å². The zero-order valence-electron chi connectivity index (χ0n) is 12.5. The lowest BCUT2D eigenvalue weighted by Gasteiger charge is -2.21. The topological polar surface area (TPSA) is 12.0 Å². The van der Waals surface area contributed by atoms with Gasteiger partial charge in [0.2, 0.25) is 0 Å². The van der Waals surface area contributed by atoms with Crippen LogP contribution in [0.5, 0.6) is 0 Å². The van der Waals surface area contributed by atoms with Crippen molar-refractivity contribution in [3.05, 3.63) is 64.4 Å². The minimum absolute atomic E-state index is 0.144. The molecule has 1 atom stereocenters. The number of hydrogen-bond donors (Lipinski definition) is 1. The molecule has 0 heterocycles. The third-order valence-electron chi connectivity index (χ3n) is 3.57. The van der Waals surface area contributed by atoms with Crippen LogP contribution in [0.1, 0.15) is 43.4 Å². The number of halogens is 2. The lowest BCUT2D eigenvalue weighted by molar-refractivity contribution is 0.616. The summed E-state index contributed by atoms with van der Waals surface area (Å²) in [5.74, 6) is -0.207. The molecule has 0 amide bonds. The van der Waals surface area contributed by atoms with Gasteiger partial charge in [-0.15, -0.1) is 0 Å². The largest absolute Gasteiger partial charge is 0.377 e. The Morgan fingerprint density at radius 3 is 2.48 bits per heavy atom. The lowest BCUT2D eigenvalue weighted by atomic mass is 10.0. The second-order valence-electron chi connectivity index (χ2n) is 5.37. The Kier molecular flexibility index (Phi) is 5.63. The molecule has 0 aromatic heterocycles. The highest BCUT2D eigenvalue weighted by Crippen LogP contribution is 2.29. The van der Waals surface area contributed by atoms with Crippen molar-refractivity contribution in [3.63, 3.8) is 0 Å². The second kappa shape index (κ2) is 7.46. The third kappa shape index (κ3) is 4.47. The van der Waals surface area contributed by atoms with E-state index in [4.69, 9.17) is 11.6 Å². The van der Waals surface area contributed by atoms with E-state index in [1.807, 2.05) is 37.3 Å². The van der Waals surface area contributed by atoms with Gasteiger partial charge in [-0.3, -0.25) is 0 Å². The highest BCUT2D eigenvalue weighted by molar-refractivity contribution is 6.33. The van der Waals surface area contributed by atoms with Crippen LogP contribution in [-0.2, 0) is 0 Å². The molecule has 0 radical (unpaired) electrons. The molecule has 1 nitrogen and oxygen atoms in total. The van der Waals surface area contributed by atoms with Gasteiger partial charge in [-0.05, 0) is 48.7 Å². The molecule has 0 saturated carbocycles. The monoisotopic (exact) mass is 305 g/mol. The molecular weight excluding hydrogens is 285 g/mol. The highest BCUT2D eigenvalue weighted by atomic mass is 35.5. The maximum atomic E-state index is 13.1. The van der Waals surface area contributed by atoms with E-state index in [-0.39, 0.29) is 11.9 Å². The van der Waals surface area contributed by atoms with Crippen molar-refractivity contribution >= 4 is 17.3 Å². The van der Waals surface area contributed by atoms with Crippen LogP contribution in [0.4, 0.5) is 10.1 Å². The Morgan fingerprint density at radius 2 is 1.86 bits per heavy atom. The van der Waals surface area contributed by atoms with Crippen LogP contribution < -0.4 is 5.32 Å². The Labute approximate surface area is 131 Å². The van der Waals surface area contributed by atoms with Crippen molar-refractivity contribution < 1.29 is 4.39 Å². The van der Waals surface area contributed by atoms with Gasteiger partial charge in [-0.1, -0.05) is 49.6 Å². The summed E-state index contributed by atoms with van der Waals surface area (Å²) in [5.41, 5.74) is 3.15. The summed E-state index contributed by atoms with van der Waals surface area (Å²) in [4.78, 5) is 0. The van der Waals surface area contributed by atoms with E-state index in [0.29, 0.717) is 0 Å². The highest BCUT2D eigenvalue weighted by Gasteiger charge is 2.12. The van der Waals surface area contributed by atoms with Gasteiger partial charge in [-0.25, -0.2) is 4.39 Å². The first-order valence-electron chi connectivity index (χ1n) is 7.38. The number of rotatable bonds is 6. The van der Waals surface area contributed by atoms with Gasteiger partial charge in [0.15, 0.2) is 0 Å². The Bertz CT molecular complexity index is 580. The Morgan fingerprint density at radius 1 is 1.14 bits per heavy atom. The molecule has 0 spiro atoms. The van der Waals surface area contributed by atoms with Crippen LogP contribution in [0, 0.1) is 12.7 Å². The average molecular weight is 306 g/mol. The fourth-order valence-corrected chi connectivity index (χ4v) is 2.64. The number of nitrogens with one attached hydrogen (secondary N) is 1. The first-order chi connectivity index (χ1) is 10.1. The standard InChI is InChI=1S/C18H21ClFN/c1-3-4-5-17(14-7-9-15(20)10-8-14)21-18-11-6-13(2)12-16(18)19/h6-12,17,21H,3-5H2,1-2H3. The molecule has 1 N–H and O–H groups in total. The van der Waals surface area contributed by atoms with Gasteiger partial charge in [0, 0.05) is 0 Å². The van der Waals surface area contributed by atoms with Crippen LogP contribution in [0.15, 0.2) is 42.5 Å². The van der Waals surface area contributed by atoms with E-state index in [2.05, 4.69) is 12.2 Å². The molecule has 0 bridgehead atoms. The van der Waals surface area contributed by atoms with E-state index in [0.717, 1.165) is 41.1 Å². The molecule has 0 aliphatic heterocycles. The fourth-order valence-electron chi connectivity index (χ4n) is 2.35.